The van der Waals surface area contributed by atoms with E-state index in [1.165, 1.54) is 24.8 Å². The number of piperidine rings is 1. The molecule has 0 spiro atoms. The average molecular weight is 566 g/mol. The Morgan fingerprint density at radius 3 is 2.55 bits per heavy atom. The van der Waals surface area contributed by atoms with Crippen LogP contribution < -0.4 is 20.7 Å². The van der Waals surface area contributed by atoms with Crippen LogP contribution in [0.4, 0.5) is 5.69 Å². The maximum atomic E-state index is 12.3. The SMILES string of the molecule is CCNC(=NCC(=O)Nc1cccnc1)NCC(c1ccc(OC)cc1)N1CCCCC1.I. The van der Waals surface area contributed by atoms with Crippen molar-refractivity contribution in [3.63, 3.8) is 0 Å². The maximum Gasteiger partial charge on any atom is 0.246 e. The summed E-state index contributed by atoms with van der Waals surface area (Å²) in [6.45, 7) is 5.62. The van der Waals surface area contributed by atoms with Gasteiger partial charge in [0.25, 0.3) is 0 Å². The van der Waals surface area contributed by atoms with Crippen molar-refractivity contribution in [2.45, 2.75) is 32.2 Å². The van der Waals surface area contributed by atoms with Crippen LogP contribution in [0.3, 0.4) is 0 Å². The van der Waals surface area contributed by atoms with Gasteiger partial charge in [0.05, 0.1) is 25.0 Å². The molecule has 1 aliphatic heterocycles. The van der Waals surface area contributed by atoms with Crippen molar-refractivity contribution < 1.29 is 9.53 Å². The highest BCUT2D eigenvalue weighted by Gasteiger charge is 2.22. The number of aromatic nitrogens is 1. The molecule has 8 nitrogen and oxygen atoms in total. The number of aliphatic imine (C=N–C) groups is 1. The molecule has 0 aliphatic carbocycles. The number of methoxy groups -OCH3 is 1. The maximum absolute atomic E-state index is 12.3. The van der Waals surface area contributed by atoms with Crippen molar-refractivity contribution in [3.8, 4) is 5.75 Å². The molecule has 1 aromatic heterocycles. The molecule has 0 saturated carbocycles. The van der Waals surface area contributed by atoms with Crippen LogP contribution in [0.15, 0.2) is 53.8 Å². The first-order chi connectivity index (χ1) is 15.7. The van der Waals surface area contributed by atoms with Crippen LogP contribution >= 0.6 is 24.0 Å². The van der Waals surface area contributed by atoms with E-state index in [4.69, 9.17) is 4.74 Å². The number of hydrogen-bond acceptors (Lipinski definition) is 5. The quantitative estimate of drug-likeness (QED) is 0.245. The van der Waals surface area contributed by atoms with Gasteiger partial charge in [0.2, 0.25) is 5.91 Å². The summed E-state index contributed by atoms with van der Waals surface area (Å²) in [5.74, 6) is 1.30. The van der Waals surface area contributed by atoms with Gasteiger partial charge >= 0.3 is 0 Å². The van der Waals surface area contributed by atoms with Gasteiger partial charge in [-0.2, -0.15) is 0 Å². The number of nitrogens with zero attached hydrogens (tertiary/aromatic N) is 3. The van der Waals surface area contributed by atoms with Gasteiger partial charge < -0.3 is 20.7 Å². The summed E-state index contributed by atoms with van der Waals surface area (Å²) < 4.78 is 5.32. The molecule has 3 rings (SSSR count). The first-order valence-corrected chi connectivity index (χ1v) is 11.3. The monoisotopic (exact) mass is 566 g/mol. The predicted molar refractivity (Wildman–Crippen MR) is 143 cm³/mol. The van der Waals surface area contributed by atoms with Gasteiger partial charge in [-0.05, 0) is 62.7 Å². The van der Waals surface area contributed by atoms with Crippen LogP contribution in [0, 0.1) is 0 Å². The van der Waals surface area contributed by atoms with E-state index in [0.717, 1.165) is 18.8 Å². The number of rotatable bonds is 9. The number of halogens is 1. The zero-order chi connectivity index (χ0) is 22.6. The third kappa shape index (κ3) is 8.81. The second-order valence-electron chi connectivity index (χ2n) is 7.75. The van der Waals surface area contributed by atoms with Crippen LogP contribution in [0.5, 0.6) is 5.75 Å². The van der Waals surface area contributed by atoms with Crippen molar-refractivity contribution >= 4 is 41.5 Å². The first-order valence-electron chi connectivity index (χ1n) is 11.3. The fourth-order valence-electron chi connectivity index (χ4n) is 3.84. The molecule has 1 aliphatic rings. The van der Waals surface area contributed by atoms with Gasteiger partial charge in [0, 0.05) is 19.3 Å². The number of pyridine rings is 1. The fourth-order valence-corrected chi connectivity index (χ4v) is 3.84. The van der Waals surface area contributed by atoms with E-state index in [1.807, 2.05) is 19.1 Å². The van der Waals surface area contributed by atoms with E-state index in [2.05, 4.69) is 43.0 Å². The number of benzene rings is 1. The number of likely N-dealkylation sites (tertiary alicyclic amines) is 1. The van der Waals surface area contributed by atoms with Gasteiger partial charge in [-0.1, -0.05) is 18.6 Å². The zero-order valence-electron chi connectivity index (χ0n) is 19.4. The molecule has 1 atom stereocenters. The highest BCUT2D eigenvalue weighted by Crippen LogP contribution is 2.25. The van der Waals surface area contributed by atoms with Gasteiger partial charge in [-0.3, -0.25) is 14.7 Å². The van der Waals surface area contributed by atoms with Crippen LogP contribution in [-0.2, 0) is 4.79 Å². The molecular formula is C24H35IN6O2. The van der Waals surface area contributed by atoms with Crippen LogP contribution in [0.25, 0.3) is 0 Å². The predicted octanol–water partition coefficient (Wildman–Crippen LogP) is 3.43. The Morgan fingerprint density at radius 1 is 1.15 bits per heavy atom. The summed E-state index contributed by atoms with van der Waals surface area (Å²) >= 11 is 0. The van der Waals surface area contributed by atoms with Crippen LogP contribution in [-0.4, -0.2) is 61.6 Å². The molecule has 1 aromatic carbocycles. The van der Waals surface area contributed by atoms with Crippen molar-refractivity contribution in [2.24, 2.45) is 4.99 Å². The molecule has 9 heteroatoms. The zero-order valence-corrected chi connectivity index (χ0v) is 21.7. The number of hydrogen-bond donors (Lipinski definition) is 3. The standard InChI is InChI=1S/C24H34N6O2.HI/c1-3-26-24(28-18-23(31)29-20-8-7-13-25-16-20)27-17-22(30-14-5-4-6-15-30)19-9-11-21(32-2)12-10-19;/h7-13,16,22H,3-6,14-15,17-18H2,1-2H3,(H,29,31)(H2,26,27,28);1H. The van der Waals surface area contributed by atoms with E-state index >= 15 is 0 Å². The molecule has 0 bridgehead atoms. The fraction of sp³-hybridized carbons (Fsp3) is 0.458. The molecule has 180 valence electrons. The van der Waals surface area contributed by atoms with Gasteiger partial charge in [-0.15, -0.1) is 24.0 Å². The highest BCUT2D eigenvalue weighted by molar-refractivity contribution is 14.0. The molecule has 1 saturated heterocycles. The van der Waals surface area contributed by atoms with E-state index in [0.29, 0.717) is 24.7 Å². The Labute approximate surface area is 213 Å². The molecule has 2 heterocycles. The summed E-state index contributed by atoms with van der Waals surface area (Å²) in [4.78, 5) is 23.3. The van der Waals surface area contributed by atoms with E-state index in [-0.39, 0.29) is 42.5 Å². The van der Waals surface area contributed by atoms with Crippen molar-refractivity contribution in [2.75, 3.05) is 45.2 Å². The third-order valence-electron chi connectivity index (χ3n) is 5.47. The topological polar surface area (TPSA) is 90.9 Å². The van der Waals surface area contributed by atoms with Crippen molar-refractivity contribution in [1.82, 2.24) is 20.5 Å². The molecule has 1 unspecified atom stereocenters. The normalized spacial score (nSPS) is 15.2. The smallest absolute Gasteiger partial charge is 0.246 e. The second-order valence-corrected chi connectivity index (χ2v) is 7.75. The number of ether oxygens (including phenoxy) is 1. The first kappa shape index (κ1) is 26.8. The van der Waals surface area contributed by atoms with Gasteiger partial charge in [0.15, 0.2) is 5.96 Å². The summed E-state index contributed by atoms with van der Waals surface area (Å²) in [5, 5.41) is 9.48. The minimum Gasteiger partial charge on any atom is -0.497 e. The summed E-state index contributed by atoms with van der Waals surface area (Å²) in [6, 6.07) is 12.1. The van der Waals surface area contributed by atoms with Gasteiger partial charge in [-0.25, -0.2) is 4.99 Å². The van der Waals surface area contributed by atoms with E-state index in [9.17, 15) is 4.79 Å². The van der Waals surface area contributed by atoms with Gasteiger partial charge in [0.1, 0.15) is 12.3 Å². The lowest BCUT2D eigenvalue weighted by molar-refractivity contribution is -0.114. The number of amides is 1. The Bertz CT molecular complexity index is 857. The van der Waals surface area contributed by atoms with Crippen LogP contribution in [0.2, 0.25) is 0 Å². The summed E-state index contributed by atoms with van der Waals surface area (Å²) in [7, 11) is 1.68. The van der Waals surface area contributed by atoms with Crippen molar-refractivity contribution in [1.29, 1.82) is 0 Å². The molecule has 3 N–H and O–H groups in total. The Balaban J connectivity index is 0.00000385. The number of carbonyl (C=O) groups excluding carboxylic acids is 1. The molecule has 1 fully saturated rings. The lowest BCUT2D eigenvalue weighted by Crippen LogP contribution is -2.44. The number of guanidine groups is 1. The molecule has 33 heavy (non-hydrogen) atoms. The minimum atomic E-state index is -0.182. The van der Waals surface area contributed by atoms with Crippen molar-refractivity contribution in [3.05, 3.63) is 54.4 Å². The highest BCUT2D eigenvalue weighted by atomic mass is 127. The molecule has 0 radical (unpaired) electrons. The minimum absolute atomic E-state index is 0. The molecule has 1 amide bonds. The van der Waals surface area contributed by atoms with Crippen LogP contribution in [0.1, 0.15) is 37.8 Å². The Morgan fingerprint density at radius 2 is 1.91 bits per heavy atom. The molecular weight excluding hydrogens is 531 g/mol. The second kappa shape index (κ2) is 14.7. The Kier molecular flexibility index (Phi) is 12.0. The van der Waals surface area contributed by atoms with E-state index in [1.54, 1.807) is 31.6 Å². The lowest BCUT2D eigenvalue weighted by Gasteiger charge is -2.35. The molecule has 2 aromatic rings. The number of nitrogens with one attached hydrogen (secondary N) is 3. The average Bonchev–Trinajstić information content (AvgIpc) is 2.84. The summed E-state index contributed by atoms with van der Waals surface area (Å²) in [5.41, 5.74) is 1.90. The summed E-state index contributed by atoms with van der Waals surface area (Å²) in [6.07, 6.45) is 7.01. The number of carbonyl (C=O) groups is 1. The third-order valence-corrected chi connectivity index (χ3v) is 5.47. The largest absolute Gasteiger partial charge is 0.497 e. The van der Waals surface area contributed by atoms with E-state index < -0.39 is 0 Å². The number of anilines is 1. The Hall–Kier alpha value is -2.40. The lowest BCUT2D eigenvalue weighted by atomic mass is 10.0.